The lowest BCUT2D eigenvalue weighted by Gasteiger charge is -2.34. The largest absolute Gasteiger partial charge is 0.389 e. The van der Waals surface area contributed by atoms with E-state index in [-0.39, 0.29) is 6.04 Å². The van der Waals surface area contributed by atoms with Gasteiger partial charge in [-0.1, -0.05) is 6.07 Å². The fraction of sp³-hybridized carbons (Fsp3) is 0.588. The molecule has 0 unspecified atom stereocenters. The number of aryl methyl sites for hydroxylation is 2. The number of piperidine rings is 1. The first-order valence-corrected chi connectivity index (χ1v) is 7.93. The van der Waals surface area contributed by atoms with Gasteiger partial charge in [0.1, 0.15) is 0 Å². The number of nitrogens with zero attached hydrogens (tertiary/aromatic N) is 1. The second kappa shape index (κ2) is 7.23. The van der Waals surface area contributed by atoms with E-state index < -0.39 is 24.9 Å². The number of nitrogens with one attached hydrogen (secondary N) is 1. The lowest BCUT2D eigenvalue weighted by molar-refractivity contribution is -0.149. The van der Waals surface area contributed by atoms with Crippen molar-refractivity contribution < 1.29 is 18.0 Å². The van der Waals surface area contributed by atoms with Crippen LogP contribution in [-0.4, -0.2) is 36.1 Å². The van der Waals surface area contributed by atoms with E-state index in [1.807, 2.05) is 26.0 Å². The van der Waals surface area contributed by atoms with Gasteiger partial charge in [0.05, 0.1) is 6.42 Å². The van der Waals surface area contributed by atoms with E-state index >= 15 is 0 Å². The summed E-state index contributed by atoms with van der Waals surface area (Å²) in [5.41, 5.74) is 3.38. The van der Waals surface area contributed by atoms with Crippen molar-refractivity contribution in [1.29, 1.82) is 0 Å². The third-order valence-corrected chi connectivity index (χ3v) is 4.27. The number of hydrogen-bond acceptors (Lipinski definition) is 2. The first-order valence-electron chi connectivity index (χ1n) is 7.93. The molecule has 6 heteroatoms. The Hall–Kier alpha value is -1.72. The van der Waals surface area contributed by atoms with Crippen LogP contribution in [0.3, 0.4) is 0 Å². The normalized spacial score (nSPS) is 18.8. The third kappa shape index (κ3) is 5.44. The van der Waals surface area contributed by atoms with Gasteiger partial charge in [0.25, 0.3) is 0 Å². The van der Waals surface area contributed by atoms with Gasteiger partial charge in [-0.2, -0.15) is 13.2 Å². The molecular weight excluding hydrogens is 305 g/mol. The summed E-state index contributed by atoms with van der Waals surface area (Å²) in [5, 5.41) is 3.39. The Morgan fingerprint density at radius 3 is 2.70 bits per heavy atom. The maximum atomic E-state index is 12.2. The third-order valence-electron chi connectivity index (χ3n) is 4.27. The molecule has 1 aliphatic heterocycles. The van der Waals surface area contributed by atoms with Gasteiger partial charge in [-0.3, -0.25) is 4.79 Å². The van der Waals surface area contributed by atoms with Crippen molar-refractivity contribution in [3.05, 3.63) is 29.3 Å². The van der Waals surface area contributed by atoms with Gasteiger partial charge in [0.15, 0.2) is 0 Å². The summed E-state index contributed by atoms with van der Waals surface area (Å²) in [7, 11) is 0. The quantitative estimate of drug-likeness (QED) is 0.904. The molecule has 1 heterocycles. The fourth-order valence-corrected chi connectivity index (χ4v) is 2.80. The van der Waals surface area contributed by atoms with E-state index in [1.54, 1.807) is 4.90 Å². The molecule has 1 fully saturated rings. The van der Waals surface area contributed by atoms with Crippen LogP contribution < -0.4 is 5.32 Å². The van der Waals surface area contributed by atoms with Gasteiger partial charge in [0, 0.05) is 31.2 Å². The molecule has 1 N–H and O–H groups in total. The number of halogens is 3. The summed E-state index contributed by atoms with van der Waals surface area (Å²) in [6.45, 7) is 5.08. The summed E-state index contributed by atoms with van der Waals surface area (Å²) >= 11 is 0. The zero-order valence-electron chi connectivity index (χ0n) is 13.5. The smallest absolute Gasteiger partial charge is 0.381 e. The van der Waals surface area contributed by atoms with E-state index in [1.165, 1.54) is 11.1 Å². The summed E-state index contributed by atoms with van der Waals surface area (Å²) in [6, 6.07) is 6.17. The lowest BCUT2D eigenvalue weighted by atomic mass is 10.0. The lowest BCUT2D eigenvalue weighted by Crippen LogP contribution is -2.45. The molecule has 1 aromatic carbocycles. The van der Waals surface area contributed by atoms with Crippen LogP contribution in [0.15, 0.2) is 18.2 Å². The number of alkyl halides is 3. The van der Waals surface area contributed by atoms with Crippen LogP contribution in [0.25, 0.3) is 0 Å². The highest BCUT2D eigenvalue weighted by atomic mass is 19.4. The molecule has 1 saturated heterocycles. The predicted octanol–water partition coefficient (Wildman–Crippen LogP) is 4.05. The molecule has 23 heavy (non-hydrogen) atoms. The summed E-state index contributed by atoms with van der Waals surface area (Å²) in [6.07, 6.45) is -4.06. The minimum absolute atomic E-state index is 0.0840. The number of hydrogen-bond donors (Lipinski definition) is 1. The highest BCUT2D eigenvalue weighted by molar-refractivity contribution is 5.76. The van der Waals surface area contributed by atoms with E-state index in [9.17, 15) is 18.0 Å². The number of rotatable bonds is 4. The summed E-state index contributed by atoms with van der Waals surface area (Å²) in [4.78, 5) is 13.5. The topological polar surface area (TPSA) is 32.3 Å². The molecule has 1 amide bonds. The first kappa shape index (κ1) is 17.6. The number of amides is 1. The minimum atomic E-state index is -4.28. The molecular formula is C17H23F3N2O. The van der Waals surface area contributed by atoms with Gasteiger partial charge < -0.3 is 10.2 Å². The van der Waals surface area contributed by atoms with Crippen molar-refractivity contribution >= 4 is 11.6 Å². The van der Waals surface area contributed by atoms with Crippen LogP contribution >= 0.6 is 0 Å². The number of likely N-dealkylation sites (tertiary alicyclic amines) is 1. The highest BCUT2D eigenvalue weighted by Crippen LogP contribution is 2.23. The van der Waals surface area contributed by atoms with Crippen molar-refractivity contribution in [1.82, 2.24) is 4.90 Å². The molecule has 1 aliphatic rings. The molecule has 0 saturated carbocycles. The monoisotopic (exact) mass is 328 g/mol. The van der Waals surface area contributed by atoms with Crippen LogP contribution in [0, 0.1) is 13.8 Å². The average Bonchev–Trinajstić information content (AvgIpc) is 2.48. The van der Waals surface area contributed by atoms with Crippen LogP contribution in [0.2, 0.25) is 0 Å². The van der Waals surface area contributed by atoms with E-state index in [0.29, 0.717) is 13.1 Å². The van der Waals surface area contributed by atoms with E-state index in [4.69, 9.17) is 0 Å². The maximum absolute atomic E-state index is 12.2. The van der Waals surface area contributed by atoms with E-state index in [0.717, 1.165) is 18.5 Å². The van der Waals surface area contributed by atoms with Crippen LogP contribution in [0.5, 0.6) is 0 Å². The molecule has 0 radical (unpaired) electrons. The van der Waals surface area contributed by atoms with Crippen molar-refractivity contribution in [3.63, 3.8) is 0 Å². The van der Waals surface area contributed by atoms with Crippen molar-refractivity contribution in [3.8, 4) is 0 Å². The molecule has 1 aromatic rings. The molecule has 2 rings (SSSR count). The van der Waals surface area contributed by atoms with Gasteiger partial charge in [-0.15, -0.1) is 0 Å². The Morgan fingerprint density at radius 2 is 2.04 bits per heavy atom. The highest BCUT2D eigenvalue weighted by Gasteiger charge is 2.30. The minimum Gasteiger partial charge on any atom is -0.381 e. The molecule has 3 nitrogen and oxygen atoms in total. The zero-order valence-corrected chi connectivity index (χ0v) is 13.5. The number of carbonyl (C=O) groups is 1. The second-order valence-electron chi connectivity index (χ2n) is 6.24. The maximum Gasteiger partial charge on any atom is 0.389 e. The molecule has 0 bridgehead atoms. The fourth-order valence-electron chi connectivity index (χ4n) is 2.80. The molecule has 0 aliphatic carbocycles. The standard InChI is InChI=1S/C17H23F3N2O/c1-12-5-6-14(10-13(12)2)21-15-4-3-9-22(11-15)16(23)7-8-17(18,19)20/h5-6,10,15,21H,3-4,7-9,11H2,1-2H3/t15-/m1/s1. The SMILES string of the molecule is Cc1ccc(N[C@@H]2CCCN(C(=O)CCC(F)(F)F)C2)cc1C. The number of carbonyl (C=O) groups excluding carboxylic acids is 1. The molecule has 0 spiro atoms. The Kier molecular flexibility index (Phi) is 5.55. The Morgan fingerprint density at radius 1 is 1.30 bits per heavy atom. The number of anilines is 1. The zero-order chi connectivity index (χ0) is 17.0. The van der Waals surface area contributed by atoms with Gasteiger partial charge in [-0.25, -0.2) is 0 Å². The van der Waals surface area contributed by atoms with Gasteiger partial charge in [-0.05, 0) is 49.9 Å². The number of benzene rings is 1. The van der Waals surface area contributed by atoms with Gasteiger partial charge in [0.2, 0.25) is 5.91 Å². The summed E-state index contributed by atoms with van der Waals surface area (Å²) < 4.78 is 36.7. The van der Waals surface area contributed by atoms with Crippen LogP contribution in [0.1, 0.15) is 36.8 Å². The Labute approximate surface area is 134 Å². The molecule has 1 atom stereocenters. The Balaban J connectivity index is 1.90. The first-order chi connectivity index (χ1) is 10.7. The molecule has 128 valence electrons. The second-order valence-corrected chi connectivity index (χ2v) is 6.24. The van der Waals surface area contributed by atoms with Crippen LogP contribution in [0.4, 0.5) is 18.9 Å². The predicted molar refractivity (Wildman–Crippen MR) is 84.4 cm³/mol. The summed E-state index contributed by atoms with van der Waals surface area (Å²) in [5.74, 6) is -0.408. The van der Waals surface area contributed by atoms with E-state index in [2.05, 4.69) is 11.4 Å². The molecule has 0 aromatic heterocycles. The van der Waals surface area contributed by atoms with Gasteiger partial charge >= 0.3 is 6.18 Å². The van der Waals surface area contributed by atoms with Crippen LogP contribution in [-0.2, 0) is 4.79 Å². The Bertz CT molecular complexity index is 557. The average molecular weight is 328 g/mol. The van der Waals surface area contributed by atoms with Crippen molar-refractivity contribution in [2.45, 2.75) is 51.7 Å². The van der Waals surface area contributed by atoms with Crippen molar-refractivity contribution in [2.24, 2.45) is 0 Å². The van der Waals surface area contributed by atoms with Crippen molar-refractivity contribution in [2.75, 3.05) is 18.4 Å².